The summed E-state index contributed by atoms with van der Waals surface area (Å²) in [4.78, 5) is 62.2. The number of rotatable bonds is 14. The summed E-state index contributed by atoms with van der Waals surface area (Å²) < 4.78 is 38.4. The predicted octanol–water partition coefficient (Wildman–Crippen LogP) is 16.9. The number of carbonyl (C=O) groups excluding carboxylic acids is 4. The van der Waals surface area contributed by atoms with Crippen LogP contribution in [0, 0.1) is 57.6 Å². The first kappa shape index (κ1) is 65.3. The van der Waals surface area contributed by atoms with Gasteiger partial charge in [0, 0.05) is 45.4 Å². The van der Waals surface area contributed by atoms with E-state index < -0.39 is 40.1 Å². The number of carbonyl (C=O) groups is 4. The van der Waals surface area contributed by atoms with E-state index in [0.717, 1.165) is 76.0 Å². The molecule has 5 aromatic heterocycles. The van der Waals surface area contributed by atoms with Gasteiger partial charge in [-0.1, -0.05) is 142 Å². The number of halogens is 2. The quantitative estimate of drug-likeness (QED) is 0.0598. The molecule has 91 heavy (non-hydrogen) atoms. The number of fused-ring (bicyclic) bond motifs is 6. The Morgan fingerprint density at radius 2 is 1.33 bits per heavy atom. The maximum absolute atomic E-state index is 14.8. The second kappa shape index (κ2) is 26.8. The molecule has 3 aromatic carbocycles. The Kier molecular flexibility index (Phi) is 19.2. The van der Waals surface area contributed by atoms with Crippen molar-refractivity contribution in [2.75, 3.05) is 0 Å². The fourth-order valence-electron chi connectivity index (χ4n) is 16.3. The van der Waals surface area contributed by atoms with Crippen molar-refractivity contribution in [3.8, 4) is 28.2 Å². The molecule has 4 unspecified atom stereocenters. The predicted molar refractivity (Wildman–Crippen MR) is 357 cm³/mol. The number of ether oxygens (including phenoxy) is 2. The summed E-state index contributed by atoms with van der Waals surface area (Å²) in [6, 6.07) is 40.9. The Morgan fingerprint density at radius 1 is 0.747 bits per heavy atom. The van der Waals surface area contributed by atoms with Gasteiger partial charge in [0.25, 0.3) is 0 Å². The summed E-state index contributed by atoms with van der Waals surface area (Å²) >= 11 is 8.72. The number of furan rings is 2. The number of aliphatic hydroxyl groups excluding tert-OH is 1. The Bertz CT molecular complexity index is 3890. The van der Waals surface area contributed by atoms with Crippen LogP contribution in [0.2, 0.25) is 0 Å². The van der Waals surface area contributed by atoms with Crippen LogP contribution < -0.4 is 0 Å². The van der Waals surface area contributed by atoms with E-state index in [1.54, 1.807) is 42.6 Å². The van der Waals surface area contributed by atoms with Crippen molar-refractivity contribution in [2.45, 2.75) is 128 Å². The third-order valence-corrected chi connectivity index (χ3v) is 23.2. The number of benzene rings is 3. The zero-order chi connectivity index (χ0) is 64.5. The zero-order valence-electron chi connectivity index (χ0n) is 52.4. The number of pyridine rings is 2. The highest BCUT2D eigenvalue weighted by atomic mass is 79.9. The average Bonchev–Trinajstić information content (AvgIpc) is 1.64. The molecule has 0 saturated heterocycles. The van der Waals surface area contributed by atoms with E-state index in [1.807, 2.05) is 77.7 Å². The molecule has 4 fully saturated rings. The molecule has 0 spiro atoms. The Balaban J connectivity index is 0.000000187. The van der Waals surface area contributed by atoms with Gasteiger partial charge in [-0.2, -0.15) is 5.10 Å². The maximum Gasteiger partial charge on any atom is 0.375 e. The number of hydrogen-bond acceptors (Lipinski definition) is 13. The van der Waals surface area contributed by atoms with Gasteiger partial charge in [-0.25, -0.2) is 18.7 Å². The van der Waals surface area contributed by atoms with Crippen LogP contribution in [-0.2, 0) is 36.6 Å². The van der Waals surface area contributed by atoms with E-state index in [9.17, 15) is 28.7 Å². The van der Waals surface area contributed by atoms with Crippen molar-refractivity contribution in [3.63, 3.8) is 0 Å². The van der Waals surface area contributed by atoms with E-state index in [1.165, 1.54) is 47.6 Å². The Morgan fingerprint density at radius 3 is 1.86 bits per heavy atom. The SMILES string of the molecule is BrCc1ccc(-c2ccccn2)cc1.CC(C)C1CC[C@](OC(=O)c2ccco2)(C(=O)S)[C@@]1(C)C(C)C.C[C@]12Cc3cnn(-c4ccc(F)cc4)c3C=C1CCC1C2[C@@H](O)C[C@@]2(C)C1CC[C@]2(OC(=O)c1ccco1)C(=O)SCc1ccc(-c2ccccn2)cc1. The number of thioether (sulfide) groups is 1. The van der Waals surface area contributed by atoms with Gasteiger partial charge in [0.1, 0.15) is 5.82 Å². The van der Waals surface area contributed by atoms with E-state index >= 15 is 0 Å². The van der Waals surface area contributed by atoms with Gasteiger partial charge in [0.15, 0.2) is 11.2 Å². The van der Waals surface area contributed by atoms with Gasteiger partial charge in [0.2, 0.25) is 21.8 Å². The van der Waals surface area contributed by atoms with Gasteiger partial charge in [-0.15, -0.1) is 12.6 Å². The molecule has 1 N–H and O–H groups in total. The number of hydrogen-bond donors (Lipinski definition) is 2. The lowest BCUT2D eigenvalue weighted by atomic mass is 9.45. The van der Waals surface area contributed by atoms with Crippen molar-refractivity contribution in [2.24, 2.45) is 51.8 Å². The zero-order valence-corrected chi connectivity index (χ0v) is 55.7. The summed E-state index contributed by atoms with van der Waals surface area (Å²) in [5.74, 6) is -0.0156. The largest absolute Gasteiger partial charge is 0.457 e. The van der Waals surface area contributed by atoms with Gasteiger partial charge in [0.05, 0.1) is 47.6 Å². The van der Waals surface area contributed by atoms with E-state index in [-0.39, 0.29) is 62.6 Å². The number of alkyl halides is 1. The molecule has 4 saturated carbocycles. The maximum atomic E-state index is 14.8. The van der Waals surface area contributed by atoms with Crippen molar-refractivity contribution in [1.29, 1.82) is 0 Å². The van der Waals surface area contributed by atoms with Crippen molar-refractivity contribution >= 4 is 68.6 Å². The number of nitrogens with zero attached hydrogens (tertiary/aromatic N) is 4. The van der Waals surface area contributed by atoms with Gasteiger partial charge < -0.3 is 23.4 Å². The molecular weight excluding hydrogens is 1250 g/mol. The van der Waals surface area contributed by atoms with Crippen LogP contribution >= 0.6 is 40.3 Å². The number of aromatic nitrogens is 4. The monoisotopic (exact) mass is 1330 g/mol. The van der Waals surface area contributed by atoms with E-state index in [0.29, 0.717) is 37.4 Å². The summed E-state index contributed by atoms with van der Waals surface area (Å²) in [5.41, 5.74) is 6.25. The smallest absolute Gasteiger partial charge is 0.375 e. The fraction of sp³-hybridized carbons (Fsp3) is 0.392. The molecular formula is C74H78BrFN4O9S2. The Labute approximate surface area is 550 Å². The third kappa shape index (κ3) is 12.3. The van der Waals surface area contributed by atoms with Crippen molar-refractivity contribution in [1.82, 2.24) is 19.7 Å². The van der Waals surface area contributed by atoms with Crippen LogP contribution in [-0.4, -0.2) is 64.3 Å². The molecule has 0 amide bonds. The second-order valence-electron chi connectivity index (χ2n) is 26.3. The van der Waals surface area contributed by atoms with Crippen molar-refractivity contribution in [3.05, 3.63) is 210 Å². The molecule has 13 nitrogen and oxygen atoms in total. The Hall–Kier alpha value is -7.18. The number of allylic oxidation sites excluding steroid dienone is 1. The molecule has 13 rings (SSSR count). The lowest BCUT2D eigenvalue weighted by Gasteiger charge is -2.60. The van der Waals surface area contributed by atoms with Crippen LogP contribution in [0.4, 0.5) is 4.39 Å². The first-order valence-corrected chi connectivity index (χ1v) is 33.9. The summed E-state index contributed by atoms with van der Waals surface area (Å²) in [5, 5.41) is 17.4. The molecule has 5 aliphatic carbocycles. The first-order chi connectivity index (χ1) is 43.7. The molecule has 8 aromatic rings. The third-order valence-electron chi connectivity index (χ3n) is 21.1. The topological polar surface area (TPSA) is 177 Å². The standard InChI is InChI=1S/C44H42FN3O5S.C18H26O4S.C12H10BrN/c1-42-23-29-25-47-48(32-15-13-31(45)14-16-32)36(29)22-30(42)12-17-33-34-18-19-44(43(34,2)24-37(49)39(33)42,53-40(50)38-7-5-21-52-38)41(51)54-26-27-8-10-28(11-9-27)35-6-3-4-20-46-35;1-11(2)13-8-9-18(16(20)23,17(13,5)12(3)4)22-15(19)14-7-6-10-21-14;13-9-10-4-6-11(7-5-10)12-3-1-2-8-14-12/h3-11,13-16,20-22,25,33-34,37,39,49H,12,17-19,23-24,26H2,1-2H3;6-7,10-13H,8-9H2,1-5H3,(H,20,23);1-8H,9H2/t33?,34?,37-,39?,42-,43-,44-;13?,17-,18-;/m00./s1. The minimum absolute atomic E-state index is 0.0464. The van der Waals surface area contributed by atoms with E-state index in [4.69, 9.17) is 23.4 Å². The lowest BCUT2D eigenvalue weighted by Crippen LogP contribution is -2.62. The van der Waals surface area contributed by atoms with Gasteiger partial charge >= 0.3 is 11.9 Å². The molecule has 5 heterocycles. The molecule has 0 radical (unpaired) electrons. The first-order valence-electron chi connectivity index (χ1n) is 31.4. The van der Waals surface area contributed by atoms with E-state index in [2.05, 4.69) is 117 Å². The minimum atomic E-state index is -1.45. The highest BCUT2D eigenvalue weighted by Crippen LogP contribution is 2.69. The molecule has 5 aliphatic rings. The van der Waals surface area contributed by atoms with Crippen LogP contribution in [0.25, 0.3) is 34.3 Å². The second-order valence-corrected chi connectivity index (χ2v) is 28.2. The van der Waals surface area contributed by atoms with Crippen LogP contribution in [0.5, 0.6) is 0 Å². The van der Waals surface area contributed by atoms with Crippen LogP contribution in [0.1, 0.15) is 137 Å². The molecule has 474 valence electrons. The van der Waals surface area contributed by atoms with Crippen molar-refractivity contribution < 1.29 is 47.0 Å². The van der Waals surface area contributed by atoms with Gasteiger partial charge in [-0.3, -0.25) is 19.6 Å². The number of thiol groups is 1. The summed E-state index contributed by atoms with van der Waals surface area (Å²) in [6.07, 6.45) is 15.0. The highest BCUT2D eigenvalue weighted by molar-refractivity contribution is 9.08. The van der Waals surface area contributed by atoms with Crippen LogP contribution in [0.15, 0.2) is 179 Å². The highest BCUT2D eigenvalue weighted by Gasteiger charge is 2.71. The fourth-order valence-corrected chi connectivity index (χ4v) is 18.1. The molecule has 0 bridgehead atoms. The minimum Gasteiger partial charge on any atom is -0.457 e. The molecule has 0 aliphatic heterocycles. The summed E-state index contributed by atoms with van der Waals surface area (Å²) in [6.45, 7) is 14.9. The normalized spacial score (nSPS) is 27.0. The molecule has 10 atom stereocenters. The lowest BCUT2D eigenvalue weighted by molar-refractivity contribution is -0.175. The summed E-state index contributed by atoms with van der Waals surface area (Å²) in [7, 11) is 0. The molecule has 17 heteroatoms. The van der Waals surface area contributed by atoms with Gasteiger partial charge in [-0.05, 0) is 188 Å². The number of esters is 2. The average molecular weight is 1330 g/mol. The number of aliphatic hydroxyl groups is 1. The van der Waals surface area contributed by atoms with Crippen LogP contribution in [0.3, 0.4) is 0 Å².